The zero-order valence-corrected chi connectivity index (χ0v) is 16.3. The van der Waals surface area contributed by atoms with Gasteiger partial charge < -0.3 is 4.42 Å². The van der Waals surface area contributed by atoms with Crippen LogP contribution in [0.2, 0.25) is 0 Å². The van der Waals surface area contributed by atoms with Gasteiger partial charge in [-0.3, -0.25) is 4.79 Å². The minimum Gasteiger partial charge on any atom is -0.464 e. The van der Waals surface area contributed by atoms with Gasteiger partial charge in [-0.15, -0.1) is 11.8 Å². The lowest BCUT2D eigenvalue weighted by atomic mass is 9.93. The van der Waals surface area contributed by atoms with Crippen molar-refractivity contribution in [2.45, 2.75) is 57.3 Å². The van der Waals surface area contributed by atoms with Crippen LogP contribution in [0, 0.1) is 5.92 Å². The first-order valence-corrected chi connectivity index (χ1v) is 10.2. The molecule has 0 amide bonds. The Labute approximate surface area is 151 Å². The number of halogens is 1. The Morgan fingerprint density at radius 2 is 2.17 bits per heavy atom. The highest BCUT2D eigenvalue weighted by atomic mass is 79.9. The van der Waals surface area contributed by atoms with E-state index in [1.54, 1.807) is 18.0 Å². The number of fused-ring (bicyclic) bond motifs is 1. The maximum Gasteiger partial charge on any atom is 0.135 e. The van der Waals surface area contributed by atoms with Crippen molar-refractivity contribution in [3.63, 3.8) is 0 Å². The van der Waals surface area contributed by atoms with Crippen molar-refractivity contribution in [2.24, 2.45) is 5.92 Å². The van der Waals surface area contributed by atoms with E-state index < -0.39 is 0 Å². The molecule has 1 unspecified atom stereocenters. The van der Waals surface area contributed by atoms with Crippen LogP contribution in [0.4, 0.5) is 0 Å². The van der Waals surface area contributed by atoms with Crippen LogP contribution in [0.25, 0.3) is 11.0 Å². The number of thioether (sulfide) groups is 1. The van der Waals surface area contributed by atoms with Crippen molar-refractivity contribution in [2.75, 3.05) is 5.75 Å². The van der Waals surface area contributed by atoms with E-state index in [4.69, 9.17) is 4.42 Å². The van der Waals surface area contributed by atoms with Gasteiger partial charge in [0, 0.05) is 33.3 Å². The Kier molecular flexibility index (Phi) is 7.71. The maximum absolute atomic E-state index is 12.2. The molecule has 2 aromatic rings. The third-order valence-corrected chi connectivity index (χ3v) is 6.18. The standard InChI is InChI=1S/C19H25BrO2S/c1-3-5-6-14(4-2)11-16(21)8-10-23-19-13-18-15(7-9-22-18)12-17(19)20/h7,9,12-14H,3-6,8,10-11H2,1-2H3. The highest BCUT2D eigenvalue weighted by Crippen LogP contribution is 2.33. The fourth-order valence-corrected chi connectivity index (χ4v) is 4.36. The van der Waals surface area contributed by atoms with Crippen molar-refractivity contribution in [1.82, 2.24) is 0 Å². The molecule has 2 rings (SSSR count). The molecule has 0 saturated heterocycles. The van der Waals surface area contributed by atoms with Crippen LogP contribution >= 0.6 is 27.7 Å². The van der Waals surface area contributed by atoms with E-state index in [0.717, 1.165) is 38.9 Å². The normalized spacial score (nSPS) is 12.7. The Morgan fingerprint density at radius 1 is 1.35 bits per heavy atom. The van der Waals surface area contributed by atoms with Crippen LogP contribution < -0.4 is 0 Å². The molecule has 1 aromatic carbocycles. The largest absolute Gasteiger partial charge is 0.464 e. The summed E-state index contributed by atoms with van der Waals surface area (Å²) < 4.78 is 6.51. The molecule has 0 N–H and O–H groups in total. The van der Waals surface area contributed by atoms with Crippen molar-refractivity contribution in [3.8, 4) is 0 Å². The molecular formula is C19H25BrO2S. The van der Waals surface area contributed by atoms with E-state index >= 15 is 0 Å². The van der Waals surface area contributed by atoms with E-state index in [2.05, 4.69) is 35.8 Å². The average Bonchev–Trinajstić information content (AvgIpc) is 2.98. The molecule has 1 heterocycles. The summed E-state index contributed by atoms with van der Waals surface area (Å²) in [6.45, 7) is 4.40. The summed E-state index contributed by atoms with van der Waals surface area (Å²) in [7, 11) is 0. The van der Waals surface area contributed by atoms with E-state index in [9.17, 15) is 4.79 Å². The minimum absolute atomic E-state index is 0.399. The predicted molar refractivity (Wildman–Crippen MR) is 102 cm³/mol. The molecule has 0 radical (unpaired) electrons. The van der Waals surface area contributed by atoms with Crippen LogP contribution in [0.5, 0.6) is 0 Å². The van der Waals surface area contributed by atoms with Crippen molar-refractivity contribution >= 4 is 44.4 Å². The molecule has 0 aliphatic heterocycles. The van der Waals surface area contributed by atoms with Gasteiger partial charge in [0.1, 0.15) is 11.4 Å². The highest BCUT2D eigenvalue weighted by molar-refractivity contribution is 9.10. The number of ketones is 1. The highest BCUT2D eigenvalue weighted by Gasteiger charge is 2.12. The number of benzene rings is 1. The summed E-state index contributed by atoms with van der Waals surface area (Å²) in [4.78, 5) is 13.3. The van der Waals surface area contributed by atoms with Crippen LogP contribution in [0.15, 0.2) is 38.2 Å². The molecule has 0 bridgehead atoms. The van der Waals surface area contributed by atoms with E-state index in [0.29, 0.717) is 18.1 Å². The monoisotopic (exact) mass is 396 g/mol. The van der Waals surface area contributed by atoms with Gasteiger partial charge in [-0.2, -0.15) is 0 Å². The summed E-state index contributed by atoms with van der Waals surface area (Å²) in [5, 5.41) is 1.10. The maximum atomic E-state index is 12.2. The quantitative estimate of drug-likeness (QED) is 0.411. The van der Waals surface area contributed by atoms with Gasteiger partial charge in [0.15, 0.2) is 0 Å². The van der Waals surface area contributed by atoms with Gasteiger partial charge in [0.05, 0.1) is 6.26 Å². The molecule has 2 nitrogen and oxygen atoms in total. The number of Topliss-reactive ketones (excluding diaryl/α,β-unsaturated/α-hetero) is 1. The first-order chi connectivity index (χ1) is 11.1. The third kappa shape index (κ3) is 5.68. The van der Waals surface area contributed by atoms with Crippen LogP contribution in [-0.2, 0) is 4.79 Å². The molecule has 0 saturated carbocycles. The number of hydrogen-bond acceptors (Lipinski definition) is 3. The van der Waals surface area contributed by atoms with Gasteiger partial charge in [0.25, 0.3) is 0 Å². The van der Waals surface area contributed by atoms with E-state index in [-0.39, 0.29) is 0 Å². The predicted octanol–water partition coefficient (Wildman–Crippen LogP) is 6.85. The topological polar surface area (TPSA) is 30.2 Å². The van der Waals surface area contributed by atoms with E-state index in [1.807, 2.05) is 12.1 Å². The van der Waals surface area contributed by atoms with E-state index in [1.165, 1.54) is 19.3 Å². The Balaban J connectivity index is 1.81. The van der Waals surface area contributed by atoms with Crippen LogP contribution in [0.1, 0.15) is 52.4 Å². The van der Waals surface area contributed by atoms with Gasteiger partial charge in [0.2, 0.25) is 0 Å². The fourth-order valence-electron chi connectivity index (χ4n) is 2.72. The number of furan rings is 1. The second kappa shape index (κ2) is 9.53. The SMILES string of the molecule is CCCCC(CC)CC(=O)CCSc1cc2occc2cc1Br. The Bertz CT molecular complexity index is 635. The lowest BCUT2D eigenvalue weighted by Gasteiger charge is -2.13. The van der Waals surface area contributed by atoms with Crippen LogP contribution in [-0.4, -0.2) is 11.5 Å². The average molecular weight is 397 g/mol. The number of rotatable bonds is 10. The number of hydrogen-bond donors (Lipinski definition) is 0. The second-order valence-electron chi connectivity index (χ2n) is 6.00. The number of unbranched alkanes of at least 4 members (excludes halogenated alkanes) is 1. The summed E-state index contributed by atoms with van der Waals surface area (Å²) in [5.74, 6) is 1.79. The zero-order chi connectivity index (χ0) is 16.7. The molecule has 23 heavy (non-hydrogen) atoms. The smallest absolute Gasteiger partial charge is 0.135 e. The molecule has 1 atom stereocenters. The summed E-state index contributed by atoms with van der Waals surface area (Å²) in [6, 6.07) is 6.07. The van der Waals surface area contributed by atoms with Gasteiger partial charge in [-0.25, -0.2) is 0 Å². The molecule has 4 heteroatoms. The lowest BCUT2D eigenvalue weighted by molar-refractivity contribution is -0.119. The molecule has 0 spiro atoms. The molecule has 0 aliphatic carbocycles. The Hall–Kier alpha value is -0.740. The zero-order valence-electron chi connectivity index (χ0n) is 13.9. The van der Waals surface area contributed by atoms with Crippen molar-refractivity contribution in [1.29, 1.82) is 0 Å². The lowest BCUT2D eigenvalue weighted by Crippen LogP contribution is -2.08. The number of carbonyl (C=O) groups is 1. The Morgan fingerprint density at radius 3 is 2.91 bits per heavy atom. The fraction of sp³-hybridized carbons (Fsp3) is 0.526. The molecule has 126 valence electrons. The summed E-state index contributed by atoms with van der Waals surface area (Å²) >= 11 is 5.32. The summed E-state index contributed by atoms with van der Waals surface area (Å²) in [5.41, 5.74) is 0.896. The third-order valence-electron chi connectivity index (χ3n) is 4.21. The second-order valence-corrected chi connectivity index (χ2v) is 7.99. The summed E-state index contributed by atoms with van der Waals surface area (Å²) in [6.07, 6.45) is 7.84. The van der Waals surface area contributed by atoms with Gasteiger partial charge in [-0.05, 0) is 40.0 Å². The first-order valence-electron chi connectivity index (χ1n) is 8.45. The number of carbonyl (C=O) groups excluding carboxylic acids is 1. The first kappa shape index (κ1) is 18.6. The van der Waals surface area contributed by atoms with Crippen LogP contribution in [0.3, 0.4) is 0 Å². The molecule has 1 aromatic heterocycles. The minimum atomic E-state index is 0.399. The van der Waals surface area contributed by atoms with Gasteiger partial charge in [-0.1, -0.05) is 39.5 Å². The van der Waals surface area contributed by atoms with Crippen molar-refractivity contribution < 1.29 is 9.21 Å². The molecular weight excluding hydrogens is 372 g/mol. The molecule has 0 aliphatic rings. The van der Waals surface area contributed by atoms with Gasteiger partial charge >= 0.3 is 0 Å². The molecule has 0 fully saturated rings. The van der Waals surface area contributed by atoms with Crippen molar-refractivity contribution in [3.05, 3.63) is 28.9 Å².